The summed E-state index contributed by atoms with van der Waals surface area (Å²) in [5.41, 5.74) is 2.24. The van der Waals surface area contributed by atoms with E-state index in [2.05, 4.69) is 25.7 Å². The van der Waals surface area contributed by atoms with Gasteiger partial charge in [-0.05, 0) is 60.1 Å². The van der Waals surface area contributed by atoms with Crippen LogP contribution in [0.15, 0.2) is 53.2 Å². The first-order valence-electron chi connectivity index (χ1n) is 11.5. The van der Waals surface area contributed by atoms with Crippen molar-refractivity contribution >= 4 is 17.8 Å². The van der Waals surface area contributed by atoms with E-state index in [0.29, 0.717) is 5.76 Å². The zero-order valence-electron chi connectivity index (χ0n) is 19.3. The van der Waals surface area contributed by atoms with Gasteiger partial charge in [0.05, 0.1) is 0 Å². The SMILES string of the molecule is CNC(=O)c1cc(COC(=O)NC2CC3(CCN(c4cc(-c5ccc(F)cc5)ccn4)C3)C2)on1. The number of nitrogens with zero attached hydrogens (tertiary/aromatic N) is 3. The van der Waals surface area contributed by atoms with E-state index in [-0.39, 0.29) is 35.5 Å². The van der Waals surface area contributed by atoms with Gasteiger partial charge in [-0.3, -0.25) is 4.79 Å². The number of anilines is 1. The van der Waals surface area contributed by atoms with E-state index in [4.69, 9.17) is 9.26 Å². The lowest BCUT2D eigenvalue weighted by Gasteiger charge is -2.45. The maximum Gasteiger partial charge on any atom is 0.407 e. The van der Waals surface area contributed by atoms with Gasteiger partial charge in [-0.2, -0.15) is 0 Å². The Morgan fingerprint density at radius 3 is 2.77 bits per heavy atom. The molecule has 0 bridgehead atoms. The van der Waals surface area contributed by atoms with Crippen LogP contribution in [0.25, 0.3) is 11.1 Å². The molecule has 3 aromatic rings. The molecule has 1 spiro atoms. The molecule has 1 aliphatic carbocycles. The average Bonchev–Trinajstić information content (AvgIpc) is 3.51. The number of rotatable bonds is 6. The van der Waals surface area contributed by atoms with Crippen molar-refractivity contribution in [3.63, 3.8) is 0 Å². The molecule has 2 amide bonds. The number of carbonyl (C=O) groups excluding carboxylic acids is 2. The Labute approximate surface area is 201 Å². The predicted molar refractivity (Wildman–Crippen MR) is 125 cm³/mol. The number of halogens is 1. The van der Waals surface area contributed by atoms with E-state index in [1.165, 1.54) is 25.2 Å². The van der Waals surface area contributed by atoms with Crippen LogP contribution in [0.2, 0.25) is 0 Å². The summed E-state index contributed by atoms with van der Waals surface area (Å²) in [6, 6.07) is 11.9. The third-order valence-electron chi connectivity index (χ3n) is 6.73. The van der Waals surface area contributed by atoms with Crippen molar-refractivity contribution in [2.45, 2.75) is 31.9 Å². The minimum atomic E-state index is -0.522. The maximum absolute atomic E-state index is 13.3. The lowest BCUT2D eigenvalue weighted by atomic mass is 9.65. The molecule has 1 aliphatic heterocycles. The Kier molecular flexibility index (Phi) is 6.10. The zero-order valence-corrected chi connectivity index (χ0v) is 19.3. The Hall–Kier alpha value is -3.95. The number of hydrogen-bond donors (Lipinski definition) is 2. The fraction of sp³-hybridized carbons (Fsp3) is 0.360. The molecule has 1 saturated heterocycles. The van der Waals surface area contributed by atoms with Crippen LogP contribution in [0, 0.1) is 11.2 Å². The Bertz CT molecular complexity index is 1220. The first kappa shape index (κ1) is 22.8. The standard InChI is InChI=1S/C25H26FN5O4/c1-27-23(32)21-11-20(35-30-21)14-34-24(33)29-19-12-25(13-19)7-9-31(15-25)22-10-17(6-8-28-22)16-2-4-18(26)5-3-16/h2-6,8,10-11,19H,7,9,12-15H2,1H3,(H,27,32)(H,29,33). The summed E-state index contributed by atoms with van der Waals surface area (Å²) in [6.45, 7) is 1.67. The van der Waals surface area contributed by atoms with Crippen LogP contribution in [-0.4, -0.2) is 48.3 Å². The number of nitrogens with one attached hydrogen (secondary N) is 2. The van der Waals surface area contributed by atoms with Gasteiger partial charge in [0.1, 0.15) is 11.6 Å². The van der Waals surface area contributed by atoms with Crippen LogP contribution in [-0.2, 0) is 11.3 Å². The van der Waals surface area contributed by atoms with E-state index in [9.17, 15) is 14.0 Å². The first-order valence-corrected chi connectivity index (χ1v) is 11.5. The van der Waals surface area contributed by atoms with Crippen molar-refractivity contribution in [1.82, 2.24) is 20.8 Å². The van der Waals surface area contributed by atoms with Gasteiger partial charge >= 0.3 is 6.09 Å². The Balaban J connectivity index is 1.10. The van der Waals surface area contributed by atoms with E-state index < -0.39 is 6.09 Å². The molecule has 35 heavy (non-hydrogen) atoms. The van der Waals surface area contributed by atoms with Crippen LogP contribution in [0.3, 0.4) is 0 Å². The summed E-state index contributed by atoms with van der Waals surface area (Å²) in [5.74, 6) is 0.579. The van der Waals surface area contributed by atoms with Crippen LogP contribution < -0.4 is 15.5 Å². The van der Waals surface area contributed by atoms with E-state index in [1.807, 2.05) is 12.1 Å². The van der Waals surface area contributed by atoms with Gasteiger partial charge in [0.2, 0.25) is 0 Å². The number of aromatic nitrogens is 2. The maximum atomic E-state index is 13.3. The molecule has 0 atom stereocenters. The summed E-state index contributed by atoms with van der Waals surface area (Å²) in [6.07, 6.45) is 4.04. The zero-order chi connectivity index (χ0) is 24.4. The molecule has 9 nitrogen and oxygen atoms in total. The third kappa shape index (κ3) is 4.96. The highest BCUT2D eigenvalue weighted by molar-refractivity contribution is 5.91. The number of alkyl carbamates (subject to hydrolysis) is 1. The molecule has 2 aliphatic rings. The lowest BCUT2D eigenvalue weighted by molar-refractivity contribution is 0.0821. The average molecular weight is 480 g/mol. The Morgan fingerprint density at radius 2 is 2.00 bits per heavy atom. The van der Waals surface area contributed by atoms with Crippen LogP contribution in [0.5, 0.6) is 0 Å². The normalized spacial score (nSPS) is 21.0. The van der Waals surface area contributed by atoms with Gasteiger partial charge in [-0.25, -0.2) is 14.2 Å². The van der Waals surface area contributed by atoms with Gasteiger partial charge in [-0.15, -0.1) is 0 Å². The first-order chi connectivity index (χ1) is 16.9. The highest BCUT2D eigenvalue weighted by atomic mass is 19.1. The summed E-state index contributed by atoms with van der Waals surface area (Å²) in [4.78, 5) is 30.5. The molecular weight excluding hydrogens is 453 g/mol. The predicted octanol–water partition coefficient (Wildman–Crippen LogP) is 3.52. The monoisotopic (exact) mass is 479 g/mol. The van der Waals surface area contributed by atoms with Crippen molar-refractivity contribution in [3.8, 4) is 11.1 Å². The summed E-state index contributed by atoms with van der Waals surface area (Å²) >= 11 is 0. The van der Waals surface area contributed by atoms with Gasteiger partial charge in [0, 0.05) is 38.4 Å². The van der Waals surface area contributed by atoms with Gasteiger partial charge in [0.15, 0.2) is 18.1 Å². The molecule has 10 heteroatoms. The van der Waals surface area contributed by atoms with Gasteiger partial charge in [0.25, 0.3) is 5.91 Å². The second-order valence-corrected chi connectivity index (χ2v) is 9.16. The van der Waals surface area contributed by atoms with Gasteiger partial charge < -0.3 is 24.8 Å². The van der Waals surface area contributed by atoms with Crippen molar-refractivity contribution in [2.24, 2.45) is 5.41 Å². The smallest absolute Gasteiger partial charge is 0.407 e. The van der Waals surface area contributed by atoms with E-state index in [1.54, 1.807) is 18.3 Å². The second kappa shape index (κ2) is 9.36. The fourth-order valence-electron chi connectivity index (χ4n) is 4.93. The summed E-state index contributed by atoms with van der Waals surface area (Å²) < 4.78 is 23.5. The number of ether oxygens (including phenoxy) is 1. The highest BCUT2D eigenvalue weighted by Crippen LogP contribution is 2.49. The van der Waals surface area contributed by atoms with Crippen LogP contribution >= 0.6 is 0 Å². The molecule has 3 heterocycles. The molecule has 2 aromatic heterocycles. The van der Waals surface area contributed by atoms with Crippen molar-refractivity contribution in [3.05, 3.63) is 65.9 Å². The minimum Gasteiger partial charge on any atom is -0.441 e. The molecule has 1 aromatic carbocycles. The van der Waals surface area contributed by atoms with E-state index >= 15 is 0 Å². The number of amides is 2. The molecular formula is C25H26FN5O4. The third-order valence-corrected chi connectivity index (χ3v) is 6.73. The number of hydrogen-bond acceptors (Lipinski definition) is 7. The number of carbonyl (C=O) groups is 2. The molecule has 5 rings (SSSR count). The molecule has 2 fully saturated rings. The minimum absolute atomic E-state index is 0.0529. The number of pyridine rings is 1. The van der Waals surface area contributed by atoms with Crippen molar-refractivity contribution < 1.29 is 23.2 Å². The second-order valence-electron chi connectivity index (χ2n) is 9.16. The molecule has 0 unspecified atom stereocenters. The van der Waals surface area contributed by atoms with Crippen LogP contribution in [0.1, 0.15) is 35.5 Å². The largest absolute Gasteiger partial charge is 0.441 e. The van der Waals surface area contributed by atoms with Crippen LogP contribution in [0.4, 0.5) is 15.0 Å². The van der Waals surface area contributed by atoms with Gasteiger partial charge in [-0.1, -0.05) is 17.3 Å². The van der Waals surface area contributed by atoms with Crippen molar-refractivity contribution in [2.75, 3.05) is 25.0 Å². The quantitative estimate of drug-likeness (QED) is 0.557. The fourth-order valence-corrected chi connectivity index (χ4v) is 4.93. The number of benzene rings is 1. The van der Waals surface area contributed by atoms with E-state index in [0.717, 1.165) is 49.3 Å². The Morgan fingerprint density at radius 1 is 1.20 bits per heavy atom. The summed E-state index contributed by atoms with van der Waals surface area (Å²) in [7, 11) is 1.50. The molecule has 0 radical (unpaired) electrons. The molecule has 182 valence electrons. The topological polar surface area (TPSA) is 110 Å². The van der Waals surface area contributed by atoms with Crippen molar-refractivity contribution in [1.29, 1.82) is 0 Å². The highest BCUT2D eigenvalue weighted by Gasteiger charge is 2.49. The molecule has 1 saturated carbocycles. The lowest BCUT2D eigenvalue weighted by Crippen LogP contribution is -2.52. The summed E-state index contributed by atoms with van der Waals surface area (Å²) in [5, 5.41) is 8.99. The molecule has 2 N–H and O–H groups in total.